The third kappa shape index (κ3) is 9.26. The van der Waals surface area contributed by atoms with Gasteiger partial charge in [-0.3, -0.25) is 14.4 Å². The number of halogens is 1. The summed E-state index contributed by atoms with van der Waals surface area (Å²) in [5.41, 5.74) is 1.65. The molecule has 0 radical (unpaired) electrons. The molecule has 0 aromatic heterocycles. The van der Waals surface area contributed by atoms with Crippen molar-refractivity contribution in [2.24, 2.45) is 0 Å². The van der Waals surface area contributed by atoms with Crippen LogP contribution in [0.4, 0.5) is 0 Å². The lowest BCUT2D eigenvalue weighted by molar-refractivity contribution is -0.131. The second kappa shape index (κ2) is 12.4. The summed E-state index contributed by atoms with van der Waals surface area (Å²) in [5, 5.41) is 5.49. The van der Waals surface area contributed by atoms with E-state index in [1.165, 1.54) is 18.6 Å². The van der Waals surface area contributed by atoms with Gasteiger partial charge < -0.3 is 20.1 Å². The molecule has 2 amide bonds. The van der Waals surface area contributed by atoms with Crippen molar-refractivity contribution in [2.45, 2.75) is 46.0 Å². The van der Waals surface area contributed by atoms with Gasteiger partial charge in [-0.25, -0.2) is 0 Å². The number of hydrogen-bond donors (Lipinski definition) is 2. The average Bonchev–Trinajstić information content (AvgIpc) is 2.74. The van der Waals surface area contributed by atoms with Crippen LogP contribution in [0.15, 0.2) is 46.9 Å². The van der Waals surface area contributed by atoms with E-state index in [0.717, 1.165) is 10.2 Å². The quantitative estimate of drug-likeness (QED) is 0.276. The van der Waals surface area contributed by atoms with Gasteiger partial charge in [0, 0.05) is 32.0 Å². The molecule has 0 spiro atoms. The van der Waals surface area contributed by atoms with Crippen LogP contribution < -0.4 is 20.1 Å². The summed E-state index contributed by atoms with van der Waals surface area (Å²) >= 11 is 3.54. The largest absolute Gasteiger partial charge is 0.492 e. The molecule has 178 valence electrons. The zero-order valence-electron chi connectivity index (χ0n) is 19.5. The number of nitrogens with one attached hydrogen (secondary N) is 2. The molecule has 0 aliphatic rings. The molecule has 0 aliphatic carbocycles. The summed E-state index contributed by atoms with van der Waals surface area (Å²) in [4.78, 5) is 35.2. The SMILES string of the molecule is CC(=O)Oc1cccc(C(=O)NCCNC(=O)CCCOc2ccc(C(C)(C)C)cc2Br)c1. The minimum absolute atomic E-state index is 0.0621. The van der Waals surface area contributed by atoms with Gasteiger partial charge in [-0.1, -0.05) is 32.9 Å². The highest BCUT2D eigenvalue weighted by Gasteiger charge is 2.15. The van der Waals surface area contributed by atoms with E-state index in [-0.39, 0.29) is 23.8 Å². The predicted molar refractivity (Wildman–Crippen MR) is 131 cm³/mol. The summed E-state index contributed by atoms with van der Waals surface area (Å²) < 4.78 is 11.6. The number of carbonyl (C=O) groups is 3. The molecule has 0 unspecified atom stereocenters. The van der Waals surface area contributed by atoms with Crippen molar-refractivity contribution in [3.05, 3.63) is 58.1 Å². The molecular formula is C25H31BrN2O5. The monoisotopic (exact) mass is 518 g/mol. The number of benzene rings is 2. The van der Waals surface area contributed by atoms with Crippen LogP contribution in [0.25, 0.3) is 0 Å². The summed E-state index contributed by atoms with van der Waals surface area (Å²) in [7, 11) is 0. The van der Waals surface area contributed by atoms with Crippen LogP contribution in [0.5, 0.6) is 11.5 Å². The number of hydrogen-bond acceptors (Lipinski definition) is 5. The van der Waals surface area contributed by atoms with Crippen LogP contribution in [0, 0.1) is 0 Å². The maximum Gasteiger partial charge on any atom is 0.308 e. The van der Waals surface area contributed by atoms with E-state index in [4.69, 9.17) is 9.47 Å². The minimum atomic E-state index is -0.452. The van der Waals surface area contributed by atoms with Crippen molar-refractivity contribution in [2.75, 3.05) is 19.7 Å². The molecule has 2 rings (SSSR count). The molecule has 0 saturated carbocycles. The van der Waals surface area contributed by atoms with E-state index >= 15 is 0 Å². The Bertz CT molecular complexity index is 985. The van der Waals surface area contributed by atoms with Gasteiger partial charge in [0.25, 0.3) is 5.91 Å². The lowest BCUT2D eigenvalue weighted by Gasteiger charge is -2.20. The second-order valence-electron chi connectivity index (χ2n) is 8.57. The van der Waals surface area contributed by atoms with E-state index in [1.807, 2.05) is 12.1 Å². The molecule has 2 aromatic rings. The van der Waals surface area contributed by atoms with Gasteiger partial charge >= 0.3 is 5.97 Å². The van der Waals surface area contributed by atoms with E-state index in [0.29, 0.717) is 37.3 Å². The Kier molecular flexibility index (Phi) is 9.91. The Morgan fingerprint density at radius 1 is 1.00 bits per heavy atom. The van der Waals surface area contributed by atoms with Crippen LogP contribution >= 0.6 is 15.9 Å². The first-order chi connectivity index (χ1) is 15.6. The van der Waals surface area contributed by atoms with E-state index in [9.17, 15) is 14.4 Å². The second-order valence-corrected chi connectivity index (χ2v) is 9.43. The Balaban J connectivity index is 1.64. The number of ether oxygens (including phenoxy) is 2. The molecule has 0 saturated heterocycles. The molecule has 8 heteroatoms. The zero-order chi connectivity index (χ0) is 24.4. The molecule has 33 heavy (non-hydrogen) atoms. The predicted octanol–water partition coefficient (Wildman–Crippen LogP) is 4.38. The fourth-order valence-corrected chi connectivity index (χ4v) is 3.43. The van der Waals surface area contributed by atoms with Crippen LogP contribution in [-0.4, -0.2) is 37.5 Å². The molecule has 2 aromatic carbocycles. The molecule has 7 nitrogen and oxygen atoms in total. The van der Waals surface area contributed by atoms with Gasteiger partial charge in [-0.05, 0) is 63.7 Å². The molecular weight excluding hydrogens is 488 g/mol. The Labute approximate surface area is 203 Å². The first kappa shape index (κ1) is 26.4. The highest BCUT2D eigenvalue weighted by molar-refractivity contribution is 9.10. The average molecular weight is 519 g/mol. The number of esters is 1. The Hall–Kier alpha value is -2.87. The lowest BCUT2D eigenvalue weighted by Crippen LogP contribution is -2.34. The molecule has 0 atom stereocenters. The van der Waals surface area contributed by atoms with E-state index < -0.39 is 5.97 Å². The smallest absolute Gasteiger partial charge is 0.308 e. The maximum absolute atomic E-state index is 12.2. The van der Waals surface area contributed by atoms with Gasteiger partial charge in [0.1, 0.15) is 11.5 Å². The molecule has 2 N–H and O–H groups in total. The number of rotatable bonds is 10. The van der Waals surface area contributed by atoms with Crippen LogP contribution in [0.3, 0.4) is 0 Å². The third-order valence-corrected chi connectivity index (χ3v) is 5.31. The fraction of sp³-hybridized carbons (Fsp3) is 0.400. The summed E-state index contributed by atoms with van der Waals surface area (Å²) in [6.07, 6.45) is 0.907. The van der Waals surface area contributed by atoms with Crippen molar-refractivity contribution >= 4 is 33.7 Å². The van der Waals surface area contributed by atoms with Crippen LogP contribution in [-0.2, 0) is 15.0 Å². The minimum Gasteiger partial charge on any atom is -0.492 e. The molecule has 0 heterocycles. The van der Waals surface area contributed by atoms with Crippen molar-refractivity contribution in [1.82, 2.24) is 10.6 Å². The third-order valence-electron chi connectivity index (χ3n) is 4.69. The van der Waals surface area contributed by atoms with Crippen molar-refractivity contribution in [3.8, 4) is 11.5 Å². The highest BCUT2D eigenvalue weighted by atomic mass is 79.9. The van der Waals surface area contributed by atoms with Crippen LogP contribution in [0.1, 0.15) is 56.5 Å². The van der Waals surface area contributed by atoms with Crippen molar-refractivity contribution in [3.63, 3.8) is 0 Å². The van der Waals surface area contributed by atoms with Crippen LogP contribution in [0.2, 0.25) is 0 Å². The normalized spacial score (nSPS) is 10.9. The van der Waals surface area contributed by atoms with Gasteiger partial charge in [-0.15, -0.1) is 0 Å². The summed E-state index contributed by atoms with van der Waals surface area (Å²) in [6.45, 7) is 8.79. The molecule has 0 aliphatic heterocycles. The van der Waals surface area contributed by atoms with Gasteiger partial charge in [-0.2, -0.15) is 0 Å². The standard InChI is InChI=1S/C25H31BrN2O5/c1-17(29)33-20-8-5-7-18(15-20)24(31)28-13-12-27-23(30)9-6-14-32-22-11-10-19(16-21(22)26)25(2,3)4/h5,7-8,10-11,15-16H,6,9,12-14H2,1-4H3,(H,27,30)(H,28,31). The highest BCUT2D eigenvalue weighted by Crippen LogP contribution is 2.31. The van der Waals surface area contributed by atoms with Crippen molar-refractivity contribution in [1.29, 1.82) is 0 Å². The molecule has 0 fully saturated rings. The summed E-state index contributed by atoms with van der Waals surface area (Å²) in [6, 6.07) is 12.4. The first-order valence-corrected chi connectivity index (χ1v) is 11.6. The topological polar surface area (TPSA) is 93.7 Å². The van der Waals surface area contributed by atoms with E-state index in [2.05, 4.69) is 53.4 Å². The fourth-order valence-electron chi connectivity index (χ4n) is 2.93. The summed E-state index contributed by atoms with van der Waals surface area (Å²) in [5.74, 6) is 0.194. The number of carbonyl (C=O) groups excluding carboxylic acids is 3. The molecule has 0 bridgehead atoms. The first-order valence-electron chi connectivity index (χ1n) is 10.8. The van der Waals surface area contributed by atoms with Gasteiger partial charge in [0.15, 0.2) is 0 Å². The number of amides is 2. The Morgan fingerprint density at radius 3 is 2.39 bits per heavy atom. The van der Waals surface area contributed by atoms with Crippen molar-refractivity contribution < 1.29 is 23.9 Å². The zero-order valence-corrected chi connectivity index (χ0v) is 21.1. The Morgan fingerprint density at radius 2 is 1.73 bits per heavy atom. The van der Waals surface area contributed by atoms with Gasteiger partial charge in [0.2, 0.25) is 5.91 Å². The van der Waals surface area contributed by atoms with E-state index in [1.54, 1.807) is 18.2 Å². The van der Waals surface area contributed by atoms with Gasteiger partial charge in [0.05, 0.1) is 11.1 Å². The lowest BCUT2D eigenvalue weighted by atomic mass is 9.87. The maximum atomic E-state index is 12.2.